The molecule has 31 heavy (non-hydrogen) atoms. The van der Waals surface area contributed by atoms with Gasteiger partial charge in [-0.05, 0) is 32.0 Å². The second-order valence-corrected chi connectivity index (χ2v) is 7.30. The maximum atomic E-state index is 13.5. The van der Waals surface area contributed by atoms with Gasteiger partial charge in [0.05, 0.1) is 22.2 Å². The number of nitriles is 1. The molecule has 0 radical (unpaired) electrons. The van der Waals surface area contributed by atoms with Crippen LogP contribution in [0.15, 0.2) is 18.2 Å². The number of anilines is 1. The van der Waals surface area contributed by atoms with Crippen LogP contribution in [0.25, 0.3) is 0 Å². The molecule has 1 unspecified atom stereocenters. The van der Waals surface area contributed by atoms with E-state index in [1.165, 1.54) is 24.6 Å². The highest BCUT2D eigenvalue weighted by Crippen LogP contribution is 2.29. The lowest BCUT2D eigenvalue weighted by molar-refractivity contribution is -0.120. The molecule has 0 fully saturated rings. The van der Waals surface area contributed by atoms with E-state index in [0.717, 1.165) is 19.1 Å². The Morgan fingerprint density at radius 3 is 2.45 bits per heavy atom. The van der Waals surface area contributed by atoms with Crippen LogP contribution in [0, 0.1) is 24.1 Å². The van der Waals surface area contributed by atoms with Gasteiger partial charge in [-0.1, -0.05) is 11.6 Å². The minimum atomic E-state index is -3.26. The highest BCUT2D eigenvalue weighted by Gasteiger charge is 2.35. The monoisotopic (exact) mass is 454 g/mol. The molecule has 0 bridgehead atoms. The van der Waals surface area contributed by atoms with Crippen molar-refractivity contribution in [3.8, 4) is 6.07 Å². The number of amides is 2. The smallest absolute Gasteiger partial charge is 0.292 e. The summed E-state index contributed by atoms with van der Waals surface area (Å²) >= 11 is 6.20. The van der Waals surface area contributed by atoms with Gasteiger partial charge >= 0.3 is 0 Å². The predicted octanol–water partition coefficient (Wildman–Crippen LogP) is 3.59. The third kappa shape index (κ3) is 4.88. The van der Waals surface area contributed by atoms with Gasteiger partial charge in [-0.3, -0.25) is 14.4 Å². The number of benzene rings is 1. The molecule has 1 atom stereocenters. The van der Waals surface area contributed by atoms with Gasteiger partial charge in [-0.2, -0.15) is 5.26 Å². The van der Waals surface area contributed by atoms with E-state index in [9.17, 15) is 27.6 Å². The van der Waals surface area contributed by atoms with Crippen molar-refractivity contribution in [2.24, 2.45) is 7.05 Å². The SMILES string of the molecule is Cc1c(C(=O)C(=O)NC(C)C(C)(F)F)c(Cl)c(C(=O)Nc2ccc(F)c(C#N)c2)n1C. The van der Waals surface area contributed by atoms with E-state index in [0.29, 0.717) is 6.92 Å². The van der Waals surface area contributed by atoms with Gasteiger partial charge in [0.2, 0.25) is 0 Å². The topological polar surface area (TPSA) is 104 Å². The van der Waals surface area contributed by atoms with Crippen LogP contribution in [0.4, 0.5) is 18.9 Å². The van der Waals surface area contributed by atoms with E-state index in [-0.39, 0.29) is 33.2 Å². The quantitative estimate of drug-likeness (QED) is 0.514. The number of nitrogens with one attached hydrogen (secondary N) is 2. The Bertz CT molecular complexity index is 1120. The standard InChI is InChI=1S/C20H18ClF3N4O3/c1-9-14(17(29)19(31)26-10(2)20(3,23)24)15(21)16(28(9)4)18(30)27-12-5-6-13(22)11(7-12)8-25/h5-7,10H,1-4H3,(H,26,31)(H,27,30). The first-order valence-corrected chi connectivity index (χ1v) is 9.26. The van der Waals surface area contributed by atoms with Gasteiger partial charge < -0.3 is 15.2 Å². The summed E-state index contributed by atoms with van der Waals surface area (Å²) in [5.41, 5.74) is -0.533. The maximum Gasteiger partial charge on any atom is 0.292 e. The average Bonchev–Trinajstić information content (AvgIpc) is 2.90. The highest BCUT2D eigenvalue weighted by molar-refractivity contribution is 6.48. The summed E-state index contributed by atoms with van der Waals surface area (Å²) in [7, 11) is 1.42. The predicted molar refractivity (Wildman–Crippen MR) is 107 cm³/mol. The first kappa shape index (κ1) is 24.0. The van der Waals surface area contributed by atoms with Gasteiger partial charge in [-0.25, -0.2) is 13.2 Å². The van der Waals surface area contributed by atoms with Crippen molar-refractivity contribution in [1.29, 1.82) is 5.26 Å². The van der Waals surface area contributed by atoms with Crippen molar-refractivity contribution < 1.29 is 27.6 Å². The number of ketones is 1. The number of rotatable bonds is 6. The minimum absolute atomic E-state index is 0.0995. The van der Waals surface area contributed by atoms with Gasteiger partial charge in [0.1, 0.15) is 17.6 Å². The zero-order valence-corrected chi connectivity index (χ0v) is 17.7. The second-order valence-electron chi connectivity index (χ2n) is 6.92. The molecule has 2 amide bonds. The van der Waals surface area contributed by atoms with Crippen molar-refractivity contribution in [3.63, 3.8) is 0 Å². The van der Waals surface area contributed by atoms with E-state index < -0.39 is 35.4 Å². The van der Waals surface area contributed by atoms with Crippen molar-refractivity contribution in [1.82, 2.24) is 9.88 Å². The Balaban J connectivity index is 2.35. The van der Waals surface area contributed by atoms with Gasteiger partial charge in [0.25, 0.3) is 23.5 Å². The molecule has 0 saturated heterocycles. The van der Waals surface area contributed by atoms with Crippen LogP contribution in [0.2, 0.25) is 5.02 Å². The molecule has 1 heterocycles. The summed E-state index contributed by atoms with van der Waals surface area (Å²) < 4.78 is 41.3. The normalized spacial score (nSPS) is 12.1. The molecular formula is C20H18ClF3N4O3. The van der Waals surface area contributed by atoms with Crippen molar-refractivity contribution in [2.45, 2.75) is 32.7 Å². The average molecular weight is 455 g/mol. The van der Waals surface area contributed by atoms with E-state index in [2.05, 4.69) is 5.32 Å². The fourth-order valence-electron chi connectivity index (χ4n) is 2.66. The molecule has 1 aromatic heterocycles. The third-order valence-corrected chi connectivity index (χ3v) is 5.10. The van der Waals surface area contributed by atoms with Crippen LogP contribution >= 0.6 is 11.6 Å². The summed E-state index contributed by atoms with van der Waals surface area (Å²) in [5, 5.41) is 12.9. The fourth-order valence-corrected chi connectivity index (χ4v) is 3.09. The molecule has 7 nitrogen and oxygen atoms in total. The second kappa shape index (κ2) is 8.81. The van der Waals surface area contributed by atoms with E-state index in [4.69, 9.17) is 16.9 Å². The van der Waals surface area contributed by atoms with E-state index in [1.807, 2.05) is 5.32 Å². The molecule has 2 aromatic rings. The number of alkyl halides is 2. The Hall–Kier alpha value is -3.32. The highest BCUT2D eigenvalue weighted by atomic mass is 35.5. The number of halogens is 4. The van der Waals surface area contributed by atoms with Gasteiger partial charge in [0.15, 0.2) is 0 Å². The summed E-state index contributed by atoms with van der Waals surface area (Å²) in [6, 6.07) is 3.36. The Labute approximate surface area is 180 Å². The fraction of sp³-hybridized carbons (Fsp3) is 0.300. The number of aromatic nitrogens is 1. The summed E-state index contributed by atoms with van der Waals surface area (Å²) in [4.78, 5) is 37.4. The number of hydrogen-bond acceptors (Lipinski definition) is 4. The molecule has 0 aliphatic carbocycles. The lowest BCUT2D eigenvalue weighted by atomic mass is 10.1. The molecule has 2 N–H and O–H groups in total. The van der Waals surface area contributed by atoms with Crippen molar-refractivity contribution >= 4 is 34.9 Å². The van der Waals surface area contributed by atoms with Crippen LogP contribution in [-0.4, -0.2) is 34.1 Å². The zero-order valence-electron chi connectivity index (χ0n) is 16.9. The number of Topliss-reactive ketones (excluding diaryl/α,β-unsaturated/α-hetero) is 1. The lowest BCUT2D eigenvalue weighted by Crippen LogP contribution is -2.46. The third-order valence-electron chi connectivity index (χ3n) is 4.73. The number of nitrogens with zero attached hydrogens (tertiary/aromatic N) is 2. The molecule has 1 aromatic carbocycles. The van der Waals surface area contributed by atoms with Gasteiger partial charge in [-0.15, -0.1) is 0 Å². The minimum Gasteiger partial charge on any atom is -0.342 e. The maximum absolute atomic E-state index is 13.5. The molecule has 11 heteroatoms. The first-order valence-electron chi connectivity index (χ1n) is 8.88. The van der Waals surface area contributed by atoms with Crippen LogP contribution in [0.5, 0.6) is 0 Å². The van der Waals surface area contributed by atoms with Crippen molar-refractivity contribution in [3.05, 3.63) is 51.6 Å². The van der Waals surface area contributed by atoms with Crippen LogP contribution < -0.4 is 10.6 Å². The van der Waals surface area contributed by atoms with Gasteiger partial charge in [0, 0.05) is 25.4 Å². The summed E-state index contributed by atoms with van der Waals surface area (Å²) in [6.07, 6.45) is 0. The Morgan fingerprint density at radius 1 is 1.29 bits per heavy atom. The Morgan fingerprint density at radius 2 is 1.90 bits per heavy atom. The lowest BCUT2D eigenvalue weighted by Gasteiger charge is -2.20. The number of carbonyl (C=O) groups excluding carboxylic acids is 3. The van der Waals surface area contributed by atoms with Crippen LogP contribution in [0.3, 0.4) is 0 Å². The molecular weight excluding hydrogens is 437 g/mol. The molecule has 0 aliphatic heterocycles. The molecule has 164 valence electrons. The number of hydrogen-bond donors (Lipinski definition) is 2. The molecule has 0 aliphatic rings. The van der Waals surface area contributed by atoms with E-state index >= 15 is 0 Å². The molecule has 2 rings (SSSR count). The molecule has 0 saturated carbocycles. The van der Waals surface area contributed by atoms with Crippen LogP contribution in [0.1, 0.15) is 46.0 Å². The summed E-state index contributed by atoms with van der Waals surface area (Å²) in [5.74, 6) is -7.29. The zero-order chi connectivity index (χ0) is 23.7. The largest absolute Gasteiger partial charge is 0.342 e. The first-order chi connectivity index (χ1) is 14.3. The van der Waals surface area contributed by atoms with E-state index in [1.54, 1.807) is 6.07 Å². The van der Waals surface area contributed by atoms with Crippen molar-refractivity contribution in [2.75, 3.05) is 5.32 Å². The summed E-state index contributed by atoms with van der Waals surface area (Å²) in [6.45, 7) is 3.06. The molecule has 0 spiro atoms. The number of carbonyl (C=O) groups is 3. The van der Waals surface area contributed by atoms with Crippen LogP contribution in [-0.2, 0) is 11.8 Å². The Kier molecular flexibility index (Phi) is 6.81.